The van der Waals surface area contributed by atoms with E-state index in [1.165, 1.54) is 22.4 Å². The highest BCUT2D eigenvalue weighted by Gasteiger charge is 2.19. The largest absolute Gasteiger partial charge is 0.360 e. The van der Waals surface area contributed by atoms with E-state index < -0.39 is 0 Å². The Morgan fingerprint density at radius 3 is 1.96 bits per heavy atom. The highest BCUT2D eigenvalue weighted by atomic mass is 79.9. The molecular formula is C21H26BrNO. The monoisotopic (exact) mass is 387 g/mol. The molecule has 0 amide bonds. The van der Waals surface area contributed by atoms with Gasteiger partial charge in [-0.25, -0.2) is 0 Å². The Hall–Kier alpha value is -1.61. The van der Waals surface area contributed by atoms with Gasteiger partial charge in [0.15, 0.2) is 0 Å². The van der Waals surface area contributed by atoms with Gasteiger partial charge in [-0.1, -0.05) is 74.0 Å². The smallest absolute Gasteiger partial charge is 0.139 e. The summed E-state index contributed by atoms with van der Waals surface area (Å²) in [6, 6.07) is 14.8. The minimum Gasteiger partial charge on any atom is -0.360 e. The zero-order valence-electron chi connectivity index (χ0n) is 14.9. The molecule has 0 aliphatic rings. The van der Waals surface area contributed by atoms with Gasteiger partial charge in [-0.05, 0) is 40.7 Å². The minimum absolute atomic E-state index is 0.402. The van der Waals surface area contributed by atoms with E-state index in [-0.39, 0.29) is 0 Å². The van der Waals surface area contributed by atoms with Crippen molar-refractivity contribution in [3.05, 3.63) is 63.6 Å². The Bertz CT molecular complexity index is 650. The molecule has 0 aliphatic carbocycles. The maximum atomic E-state index is 11.3. The zero-order valence-corrected chi connectivity index (χ0v) is 16.5. The molecule has 2 rings (SSSR count). The molecule has 2 aromatic rings. The van der Waals surface area contributed by atoms with E-state index in [9.17, 15) is 4.79 Å². The van der Waals surface area contributed by atoms with Crippen molar-refractivity contribution in [1.29, 1.82) is 0 Å². The maximum absolute atomic E-state index is 11.3. The van der Waals surface area contributed by atoms with E-state index in [1.54, 1.807) is 0 Å². The van der Waals surface area contributed by atoms with Gasteiger partial charge in [0.1, 0.15) is 6.29 Å². The molecule has 0 radical (unpaired) electrons. The van der Waals surface area contributed by atoms with Crippen LogP contribution in [0, 0.1) is 0 Å². The average molecular weight is 388 g/mol. The summed E-state index contributed by atoms with van der Waals surface area (Å²) in [7, 11) is 0. The van der Waals surface area contributed by atoms with Crippen LogP contribution in [0.4, 0.5) is 5.69 Å². The van der Waals surface area contributed by atoms with Crippen molar-refractivity contribution in [2.45, 2.75) is 46.1 Å². The lowest BCUT2D eigenvalue weighted by Gasteiger charge is -2.30. The Kier molecular flexibility index (Phi) is 6.61. The summed E-state index contributed by atoms with van der Waals surface area (Å²) in [5.41, 5.74) is 5.03. The summed E-state index contributed by atoms with van der Waals surface area (Å²) in [5, 5.41) is 0. The van der Waals surface area contributed by atoms with Crippen LogP contribution in [0.1, 0.15) is 56.2 Å². The number of benzene rings is 2. The van der Waals surface area contributed by atoms with Crippen LogP contribution in [0.2, 0.25) is 0 Å². The van der Waals surface area contributed by atoms with E-state index in [4.69, 9.17) is 0 Å². The fourth-order valence-electron chi connectivity index (χ4n) is 3.01. The Balaban J connectivity index is 2.49. The summed E-state index contributed by atoms with van der Waals surface area (Å²) < 4.78 is 1.07. The standard InChI is InChI=1S/C21H26BrNO/c1-15(2)19-6-5-7-20(16(3)4)21(19)23(12-13-24)14-17-8-10-18(22)11-9-17/h5-11,13,15-16H,12,14H2,1-4H3. The van der Waals surface area contributed by atoms with Gasteiger partial charge in [-0.2, -0.15) is 0 Å². The Labute approximate surface area is 154 Å². The van der Waals surface area contributed by atoms with Crippen LogP contribution in [0.3, 0.4) is 0 Å². The lowest BCUT2D eigenvalue weighted by atomic mass is 9.91. The van der Waals surface area contributed by atoms with Crippen LogP contribution in [-0.2, 0) is 11.3 Å². The SMILES string of the molecule is CC(C)c1cccc(C(C)C)c1N(CC=O)Cc1ccc(Br)cc1. The second kappa shape index (κ2) is 8.48. The van der Waals surface area contributed by atoms with Crippen molar-refractivity contribution in [2.75, 3.05) is 11.4 Å². The lowest BCUT2D eigenvalue weighted by Crippen LogP contribution is -2.27. The molecule has 2 aromatic carbocycles. The molecule has 3 heteroatoms. The van der Waals surface area contributed by atoms with E-state index in [1.807, 2.05) is 12.1 Å². The molecule has 0 aliphatic heterocycles. The highest BCUT2D eigenvalue weighted by Crippen LogP contribution is 2.36. The van der Waals surface area contributed by atoms with Crippen molar-refractivity contribution in [3.63, 3.8) is 0 Å². The summed E-state index contributed by atoms with van der Waals surface area (Å²) in [6.45, 7) is 9.97. The minimum atomic E-state index is 0.402. The van der Waals surface area contributed by atoms with Gasteiger partial charge in [-0.15, -0.1) is 0 Å². The van der Waals surface area contributed by atoms with Crippen molar-refractivity contribution < 1.29 is 4.79 Å². The summed E-state index contributed by atoms with van der Waals surface area (Å²) >= 11 is 3.48. The highest BCUT2D eigenvalue weighted by molar-refractivity contribution is 9.10. The van der Waals surface area contributed by atoms with Gasteiger partial charge in [0.05, 0.1) is 6.54 Å². The predicted octanol–water partition coefficient (Wildman–Crippen LogP) is 5.90. The first-order valence-corrected chi connectivity index (χ1v) is 9.29. The second-order valence-electron chi connectivity index (χ2n) is 6.77. The topological polar surface area (TPSA) is 20.3 Å². The molecule has 0 unspecified atom stereocenters. The maximum Gasteiger partial charge on any atom is 0.139 e. The van der Waals surface area contributed by atoms with Gasteiger partial charge in [0.25, 0.3) is 0 Å². The first-order chi connectivity index (χ1) is 11.4. The van der Waals surface area contributed by atoms with E-state index in [0.29, 0.717) is 18.4 Å². The second-order valence-corrected chi connectivity index (χ2v) is 7.68. The predicted molar refractivity (Wildman–Crippen MR) is 106 cm³/mol. The van der Waals surface area contributed by atoms with Crippen molar-refractivity contribution in [2.24, 2.45) is 0 Å². The molecule has 0 fully saturated rings. The molecule has 0 aromatic heterocycles. The molecule has 2 nitrogen and oxygen atoms in total. The molecule has 128 valence electrons. The van der Waals surface area contributed by atoms with E-state index in [0.717, 1.165) is 17.3 Å². The number of para-hydroxylation sites is 1. The van der Waals surface area contributed by atoms with Crippen LogP contribution in [-0.4, -0.2) is 12.8 Å². The number of rotatable bonds is 7. The van der Waals surface area contributed by atoms with Crippen LogP contribution in [0.5, 0.6) is 0 Å². The van der Waals surface area contributed by atoms with Gasteiger partial charge in [0, 0.05) is 16.7 Å². The summed E-state index contributed by atoms with van der Waals surface area (Å²) in [6.07, 6.45) is 1.00. The van der Waals surface area contributed by atoms with E-state index in [2.05, 4.69) is 78.9 Å². The van der Waals surface area contributed by atoms with Gasteiger partial charge in [-0.3, -0.25) is 0 Å². The van der Waals surface area contributed by atoms with Crippen LogP contribution in [0.25, 0.3) is 0 Å². The third-order valence-corrected chi connectivity index (χ3v) is 4.77. The fraction of sp³-hybridized carbons (Fsp3) is 0.381. The summed E-state index contributed by atoms with van der Waals surface area (Å²) in [4.78, 5) is 13.6. The van der Waals surface area contributed by atoms with Crippen LogP contribution >= 0.6 is 15.9 Å². The fourth-order valence-corrected chi connectivity index (χ4v) is 3.28. The van der Waals surface area contributed by atoms with Crippen LogP contribution < -0.4 is 4.90 Å². The van der Waals surface area contributed by atoms with Gasteiger partial charge < -0.3 is 9.69 Å². The molecule has 0 saturated carbocycles. The molecule has 0 bridgehead atoms. The third kappa shape index (κ3) is 4.47. The van der Waals surface area contributed by atoms with Crippen molar-refractivity contribution >= 4 is 27.9 Å². The number of aldehydes is 1. The number of carbonyl (C=O) groups excluding carboxylic acids is 1. The summed E-state index contributed by atoms with van der Waals surface area (Å²) in [5.74, 6) is 0.829. The normalized spacial score (nSPS) is 11.1. The molecule has 0 N–H and O–H groups in total. The Morgan fingerprint density at radius 2 is 1.50 bits per heavy atom. The number of halogens is 1. The first-order valence-electron chi connectivity index (χ1n) is 8.49. The van der Waals surface area contributed by atoms with E-state index >= 15 is 0 Å². The molecule has 0 spiro atoms. The van der Waals surface area contributed by atoms with Gasteiger partial charge >= 0.3 is 0 Å². The van der Waals surface area contributed by atoms with Crippen molar-refractivity contribution in [1.82, 2.24) is 0 Å². The van der Waals surface area contributed by atoms with Gasteiger partial charge in [0.2, 0.25) is 0 Å². The van der Waals surface area contributed by atoms with Crippen molar-refractivity contribution in [3.8, 4) is 0 Å². The molecular weight excluding hydrogens is 362 g/mol. The number of carbonyl (C=O) groups is 1. The quantitative estimate of drug-likeness (QED) is 0.551. The third-order valence-electron chi connectivity index (χ3n) is 4.24. The van der Waals surface area contributed by atoms with Crippen LogP contribution in [0.15, 0.2) is 46.9 Å². The number of hydrogen-bond donors (Lipinski definition) is 0. The molecule has 24 heavy (non-hydrogen) atoms. The Morgan fingerprint density at radius 1 is 0.958 bits per heavy atom. The molecule has 0 atom stereocenters. The first kappa shape index (κ1) is 18.7. The number of hydrogen-bond acceptors (Lipinski definition) is 2. The number of nitrogens with zero attached hydrogens (tertiary/aromatic N) is 1. The zero-order chi connectivity index (χ0) is 17.7. The number of anilines is 1. The molecule has 0 saturated heterocycles. The lowest BCUT2D eigenvalue weighted by molar-refractivity contribution is -0.106. The average Bonchev–Trinajstić information content (AvgIpc) is 2.55. The molecule has 0 heterocycles.